The van der Waals surface area contributed by atoms with Gasteiger partial charge in [-0.15, -0.1) is 0 Å². The van der Waals surface area contributed by atoms with Gasteiger partial charge in [0.25, 0.3) is 5.91 Å². The second-order valence-electron chi connectivity index (χ2n) is 8.31. The van der Waals surface area contributed by atoms with Crippen molar-refractivity contribution in [1.29, 1.82) is 0 Å². The highest BCUT2D eigenvalue weighted by molar-refractivity contribution is 6.43. The van der Waals surface area contributed by atoms with Crippen molar-refractivity contribution in [1.82, 2.24) is 4.57 Å². The van der Waals surface area contributed by atoms with Crippen LogP contribution in [0.2, 0.25) is 10.0 Å². The summed E-state index contributed by atoms with van der Waals surface area (Å²) in [5.74, 6) is -0.194. The molecule has 0 spiro atoms. The zero-order valence-corrected chi connectivity index (χ0v) is 22.2. The summed E-state index contributed by atoms with van der Waals surface area (Å²) in [6.07, 6.45) is 1.73. The maximum Gasteiger partial charge on any atom is 0.340 e. The molecule has 0 N–H and O–H groups in total. The van der Waals surface area contributed by atoms with E-state index in [-0.39, 0.29) is 17.1 Å². The van der Waals surface area contributed by atoms with Crippen molar-refractivity contribution in [3.63, 3.8) is 0 Å². The van der Waals surface area contributed by atoms with Crippen LogP contribution in [0.4, 0.5) is 5.69 Å². The summed E-state index contributed by atoms with van der Waals surface area (Å²) in [4.78, 5) is 28.0. The molecule has 0 saturated heterocycles. The van der Waals surface area contributed by atoms with Crippen LogP contribution in [-0.2, 0) is 14.3 Å². The monoisotopic (exact) mass is 524 g/mol. The Hall–Kier alpha value is -3.48. The third kappa shape index (κ3) is 4.43. The van der Waals surface area contributed by atoms with Crippen LogP contribution >= 0.6 is 23.2 Å². The molecule has 1 aromatic heterocycles. The molecule has 0 bridgehead atoms. The van der Waals surface area contributed by atoms with Crippen molar-refractivity contribution < 1.29 is 19.1 Å². The van der Waals surface area contributed by atoms with Crippen molar-refractivity contribution >= 4 is 46.8 Å². The lowest BCUT2D eigenvalue weighted by molar-refractivity contribution is -0.136. The number of benzene rings is 2. The fourth-order valence-corrected chi connectivity index (χ4v) is 4.85. The number of hydrogen-bond acceptors (Lipinski definition) is 4. The lowest BCUT2D eigenvalue weighted by atomic mass is 10.0. The number of halogens is 2. The second kappa shape index (κ2) is 10.2. The summed E-state index contributed by atoms with van der Waals surface area (Å²) in [6, 6.07) is 14.5. The number of hydrogen-bond donors (Lipinski definition) is 0. The maximum absolute atomic E-state index is 13.7. The Bertz CT molecular complexity index is 1420. The van der Waals surface area contributed by atoms with Crippen molar-refractivity contribution in [2.75, 3.05) is 18.6 Å². The minimum Gasteiger partial charge on any atom is -0.494 e. The molecule has 1 aliphatic rings. The van der Waals surface area contributed by atoms with Gasteiger partial charge in [0.05, 0.1) is 40.6 Å². The number of aryl methyl sites for hydroxylation is 1. The standard InChI is InChI=1S/C28H26Cl2N2O4/c1-6-36-21-12-10-20(11-13-21)32-18(4)25(28(34)35-5)22(27(32)33)15-19-14-16(2)31(17(19)3)24-9-7-8-23(29)26(24)30/h7-15H,6H2,1-5H3/b22-15-. The third-order valence-electron chi connectivity index (χ3n) is 6.14. The number of amides is 1. The average Bonchev–Trinajstić information content (AvgIpc) is 3.27. The van der Waals surface area contributed by atoms with Crippen molar-refractivity contribution in [3.05, 3.63) is 92.4 Å². The molecule has 6 nitrogen and oxygen atoms in total. The molecule has 0 radical (unpaired) electrons. The molecule has 0 unspecified atom stereocenters. The lowest BCUT2D eigenvalue weighted by Gasteiger charge is -2.18. The molecule has 3 aromatic rings. The third-order valence-corrected chi connectivity index (χ3v) is 6.95. The summed E-state index contributed by atoms with van der Waals surface area (Å²) < 4.78 is 12.5. The van der Waals surface area contributed by atoms with Gasteiger partial charge in [-0.2, -0.15) is 0 Å². The van der Waals surface area contributed by atoms with Crippen molar-refractivity contribution in [2.45, 2.75) is 27.7 Å². The number of rotatable bonds is 6. The number of nitrogens with zero attached hydrogens (tertiary/aromatic N) is 2. The van der Waals surface area contributed by atoms with E-state index < -0.39 is 5.97 Å². The van der Waals surface area contributed by atoms with Gasteiger partial charge in [-0.1, -0.05) is 29.3 Å². The normalized spacial score (nSPS) is 14.7. The number of anilines is 1. The summed E-state index contributed by atoms with van der Waals surface area (Å²) in [6.45, 7) is 8.04. The Morgan fingerprint density at radius 1 is 1.06 bits per heavy atom. The largest absolute Gasteiger partial charge is 0.494 e. The van der Waals surface area contributed by atoms with Crippen LogP contribution in [0.3, 0.4) is 0 Å². The molecular formula is C28H26Cl2N2O4. The SMILES string of the molecule is CCOc1ccc(N2C(=O)/C(=C\c3cc(C)n(-c4cccc(Cl)c4Cl)c3C)C(C(=O)OC)=C2C)cc1. The number of carbonyl (C=O) groups is 2. The van der Waals surface area contributed by atoms with Crippen molar-refractivity contribution in [2.24, 2.45) is 0 Å². The fourth-order valence-electron chi connectivity index (χ4n) is 4.47. The zero-order valence-electron chi connectivity index (χ0n) is 20.7. The van der Waals surface area contributed by atoms with Crippen LogP contribution in [0.5, 0.6) is 5.75 Å². The predicted octanol–water partition coefficient (Wildman–Crippen LogP) is 6.68. The summed E-state index contributed by atoms with van der Waals surface area (Å²) in [7, 11) is 1.30. The van der Waals surface area contributed by atoms with E-state index in [2.05, 4.69) is 0 Å². The smallest absolute Gasteiger partial charge is 0.340 e. The van der Waals surface area contributed by atoms with E-state index in [1.165, 1.54) is 12.0 Å². The summed E-state index contributed by atoms with van der Waals surface area (Å²) in [5.41, 5.74) is 4.85. The fraction of sp³-hybridized carbons (Fsp3) is 0.214. The Balaban J connectivity index is 1.82. The maximum atomic E-state index is 13.7. The first-order valence-corrected chi connectivity index (χ1v) is 12.2. The minimum absolute atomic E-state index is 0.224. The van der Waals surface area contributed by atoms with Crippen LogP contribution in [0.15, 0.2) is 65.4 Å². The zero-order chi connectivity index (χ0) is 26.1. The van der Waals surface area contributed by atoms with E-state index in [1.54, 1.807) is 43.3 Å². The first kappa shape index (κ1) is 25.6. The Morgan fingerprint density at radius 3 is 2.39 bits per heavy atom. The van der Waals surface area contributed by atoms with Gasteiger partial charge in [0.2, 0.25) is 0 Å². The molecule has 0 atom stereocenters. The lowest BCUT2D eigenvalue weighted by Crippen LogP contribution is -2.24. The predicted molar refractivity (Wildman–Crippen MR) is 143 cm³/mol. The van der Waals surface area contributed by atoms with Gasteiger partial charge >= 0.3 is 5.97 Å². The minimum atomic E-state index is -0.577. The van der Waals surface area contributed by atoms with Gasteiger partial charge in [0, 0.05) is 22.8 Å². The average molecular weight is 525 g/mol. The highest BCUT2D eigenvalue weighted by atomic mass is 35.5. The van der Waals surface area contributed by atoms with E-state index in [9.17, 15) is 9.59 Å². The van der Waals surface area contributed by atoms with Gasteiger partial charge in [0.15, 0.2) is 0 Å². The van der Waals surface area contributed by atoms with E-state index in [0.717, 1.165) is 22.6 Å². The molecule has 36 heavy (non-hydrogen) atoms. The van der Waals surface area contributed by atoms with Crippen LogP contribution in [0, 0.1) is 13.8 Å². The molecular weight excluding hydrogens is 499 g/mol. The highest BCUT2D eigenvalue weighted by Gasteiger charge is 2.38. The van der Waals surface area contributed by atoms with Crippen molar-refractivity contribution in [3.8, 4) is 11.4 Å². The molecule has 186 valence electrons. The number of methoxy groups -OCH3 is 1. The number of esters is 1. The molecule has 4 rings (SSSR count). The number of aromatic nitrogens is 1. The van der Waals surface area contributed by atoms with Gasteiger partial charge in [-0.05, 0) is 81.8 Å². The first-order chi connectivity index (χ1) is 17.2. The number of allylic oxidation sites excluding steroid dienone is 1. The van der Waals surface area contributed by atoms with E-state index in [0.29, 0.717) is 33.8 Å². The number of carbonyl (C=O) groups excluding carboxylic acids is 2. The van der Waals surface area contributed by atoms with Crippen LogP contribution in [0.1, 0.15) is 30.8 Å². The molecule has 0 fully saturated rings. The molecule has 0 aliphatic carbocycles. The van der Waals surface area contributed by atoms with E-state index >= 15 is 0 Å². The Labute approximate surface area is 220 Å². The number of ether oxygens (including phenoxy) is 2. The Morgan fingerprint density at radius 2 is 1.75 bits per heavy atom. The first-order valence-electron chi connectivity index (χ1n) is 11.4. The van der Waals surface area contributed by atoms with E-state index in [4.69, 9.17) is 32.7 Å². The molecule has 1 amide bonds. The molecule has 0 saturated carbocycles. The van der Waals surface area contributed by atoms with Crippen LogP contribution in [-0.4, -0.2) is 30.2 Å². The quantitative estimate of drug-likeness (QED) is 0.266. The Kier molecular flexibility index (Phi) is 7.29. The second-order valence-corrected chi connectivity index (χ2v) is 9.10. The molecule has 8 heteroatoms. The van der Waals surface area contributed by atoms with E-state index in [1.807, 2.05) is 43.5 Å². The van der Waals surface area contributed by atoms with Gasteiger partial charge in [0.1, 0.15) is 5.75 Å². The van der Waals surface area contributed by atoms with Crippen LogP contribution < -0.4 is 9.64 Å². The van der Waals surface area contributed by atoms with Gasteiger partial charge < -0.3 is 14.0 Å². The molecule has 2 aromatic carbocycles. The summed E-state index contributed by atoms with van der Waals surface area (Å²) >= 11 is 12.7. The summed E-state index contributed by atoms with van der Waals surface area (Å²) in [5, 5.41) is 0.884. The molecule has 2 heterocycles. The highest BCUT2D eigenvalue weighted by Crippen LogP contribution is 2.37. The van der Waals surface area contributed by atoms with Gasteiger partial charge in [-0.3, -0.25) is 9.69 Å². The van der Waals surface area contributed by atoms with Crippen LogP contribution in [0.25, 0.3) is 11.8 Å². The topological polar surface area (TPSA) is 60.8 Å². The molecule has 1 aliphatic heterocycles. The van der Waals surface area contributed by atoms with Gasteiger partial charge in [-0.25, -0.2) is 4.79 Å².